The van der Waals surface area contributed by atoms with Crippen LogP contribution in [0.5, 0.6) is 0 Å². The van der Waals surface area contributed by atoms with Crippen molar-refractivity contribution in [2.75, 3.05) is 0 Å². The van der Waals surface area contributed by atoms with E-state index in [0.717, 1.165) is 16.8 Å². The monoisotopic (exact) mass is 299 g/mol. The van der Waals surface area contributed by atoms with Gasteiger partial charge in [0.05, 0.1) is 5.69 Å². The number of nitrogens with zero attached hydrogens (tertiary/aromatic N) is 1. The van der Waals surface area contributed by atoms with E-state index in [1.807, 2.05) is 24.4 Å². The van der Waals surface area contributed by atoms with Crippen LogP contribution in [-0.4, -0.2) is 4.98 Å². The van der Waals surface area contributed by atoms with E-state index in [2.05, 4.69) is 74.3 Å². The average molecular weight is 299 g/mol. The van der Waals surface area contributed by atoms with Crippen molar-refractivity contribution in [2.45, 2.75) is 20.8 Å². The lowest BCUT2D eigenvalue weighted by Gasteiger charge is -2.07. The Morgan fingerprint density at radius 1 is 0.783 bits per heavy atom. The summed E-state index contributed by atoms with van der Waals surface area (Å²) in [7, 11) is 0. The predicted molar refractivity (Wildman–Crippen MR) is 99.3 cm³/mol. The molecule has 0 N–H and O–H groups in total. The van der Waals surface area contributed by atoms with Crippen molar-refractivity contribution in [3.05, 3.63) is 88.6 Å². The van der Waals surface area contributed by atoms with Crippen LogP contribution in [-0.2, 0) is 0 Å². The van der Waals surface area contributed by atoms with E-state index in [9.17, 15) is 0 Å². The zero-order valence-electron chi connectivity index (χ0n) is 13.9. The van der Waals surface area contributed by atoms with Gasteiger partial charge in [0.2, 0.25) is 0 Å². The molecule has 0 saturated heterocycles. The molecular formula is C22H21N. The van der Waals surface area contributed by atoms with Gasteiger partial charge >= 0.3 is 0 Å². The van der Waals surface area contributed by atoms with Crippen molar-refractivity contribution in [2.24, 2.45) is 0 Å². The lowest BCUT2D eigenvalue weighted by Crippen LogP contribution is -1.88. The van der Waals surface area contributed by atoms with Gasteiger partial charge in [-0.1, -0.05) is 66.2 Å². The summed E-state index contributed by atoms with van der Waals surface area (Å²) in [6, 6.07) is 18.9. The molecule has 2 aromatic carbocycles. The van der Waals surface area contributed by atoms with Crippen molar-refractivity contribution >= 4 is 12.2 Å². The Bertz CT molecular complexity index is 805. The van der Waals surface area contributed by atoms with Crippen LogP contribution in [0, 0.1) is 20.8 Å². The summed E-state index contributed by atoms with van der Waals surface area (Å²) in [6.07, 6.45) is 6.24. The van der Waals surface area contributed by atoms with Gasteiger partial charge in [0.25, 0.3) is 0 Å². The van der Waals surface area contributed by atoms with Gasteiger partial charge in [-0.15, -0.1) is 0 Å². The first-order valence-corrected chi connectivity index (χ1v) is 7.91. The zero-order valence-corrected chi connectivity index (χ0v) is 13.9. The Hall–Kier alpha value is -2.67. The van der Waals surface area contributed by atoms with E-state index in [1.165, 1.54) is 22.3 Å². The molecule has 3 aromatic rings. The fourth-order valence-corrected chi connectivity index (χ4v) is 2.92. The maximum absolute atomic E-state index is 4.57. The van der Waals surface area contributed by atoms with Crippen molar-refractivity contribution in [1.82, 2.24) is 4.98 Å². The molecule has 0 aliphatic heterocycles. The highest BCUT2D eigenvalue weighted by Crippen LogP contribution is 2.20. The second-order valence-corrected chi connectivity index (χ2v) is 5.99. The van der Waals surface area contributed by atoms with E-state index < -0.39 is 0 Å². The van der Waals surface area contributed by atoms with Gasteiger partial charge in [0.15, 0.2) is 0 Å². The smallest absolute Gasteiger partial charge is 0.0702 e. The highest BCUT2D eigenvalue weighted by Gasteiger charge is 2.01. The molecule has 0 unspecified atom stereocenters. The van der Waals surface area contributed by atoms with E-state index >= 15 is 0 Å². The number of hydrogen-bond acceptors (Lipinski definition) is 1. The second-order valence-electron chi connectivity index (χ2n) is 5.99. The van der Waals surface area contributed by atoms with Gasteiger partial charge in [-0.25, -0.2) is 0 Å². The quantitative estimate of drug-likeness (QED) is 0.591. The van der Waals surface area contributed by atoms with E-state index in [1.54, 1.807) is 0 Å². The third-order valence-electron chi connectivity index (χ3n) is 4.04. The Kier molecular flexibility index (Phi) is 4.38. The lowest BCUT2D eigenvalue weighted by molar-refractivity contribution is 1.30. The molecule has 0 saturated carbocycles. The Balaban J connectivity index is 1.84. The fourth-order valence-electron chi connectivity index (χ4n) is 2.92. The molecule has 23 heavy (non-hydrogen) atoms. The second kappa shape index (κ2) is 6.62. The molecule has 0 bridgehead atoms. The molecule has 0 fully saturated rings. The summed E-state index contributed by atoms with van der Waals surface area (Å²) in [5, 5.41) is 0. The summed E-state index contributed by atoms with van der Waals surface area (Å²) in [4.78, 5) is 4.57. The van der Waals surface area contributed by atoms with Crippen LogP contribution in [0.15, 0.2) is 60.8 Å². The topological polar surface area (TPSA) is 12.9 Å². The number of aryl methyl sites for hydroxylation is 3. The molecule has 0 radical (unpaired) electrons. The van der Waals surface area contributed by atoms with Crippen molar-refractivity contribution < 1.29 is 0 Å². The van der Waals surface area contributed by atoms with Gasteiger partial charge in [0.1, 0.15) is 0 Å². The number of pyridine rings is 1. The third kappa shape index (κ3) is 3.57. The minimum atomic E-state index is 1.01. The molecule has 1 nitrogen and oxygen atoms in total. The maximum atomic E-state index is 4.57. The Labute approximate surface area is 138 Å². The van der Waals surface area contributed by atoms with Crippen LogP contribution in [0.2, 0.25) is 0 Å². The first-order valence-electron chi connectivity index (χ1n) is 7.91. The summed E-state index contributed by atoms with van der Waals surface area (Å²) in [5.41, 5.74) is 8.50. The van der Waals surface area contributed by atoms with Gasteiger partial charge in [-0.3, -0.25) is 4.98 Å². The molecule has 0 spiro atoms. The van der Waals surface area contributed by atoms with Crippen LogP contribution in [0.1, 0.15) is 27.8 Å². The fraction of sp³-hybridized carbons (Fsp3) is 0.136. The first-order chi connectivity index (χ1) is 11.1. The summed E-state index contributed by atoms with van der Waals surface area (Å²) < 4.78 is 0. The van der Waals surface area contributed by atoms with Gasteiger partial charge < -0.3 is 0 Å². The molecule has 0 aliphatic rings. The molecule has 0 atom stereocenters. The van der Waals surface area contributed by atoms with E-state index in [4.69, 9.17) is 0 Å². The standard InChI is InChI=1S/C22H21N/c1-16-13-17(2)21(18(3)14-16)11-9-19-10-12-22(23-15-19)20-7-5-4-6-8-20/h4-15H,1-3H3/b11-9+. The van der Waals surface area contributed by atoms with Gasteiger partial charge in [-0.05, 0) is 49.1 Å². The van der Waals surface area contributed by atoms with Crippen LogP contribution in [0.4, 0.5) is 0 Å². The van der Waals surface area contributed by atoms with Crippen LogP contribution >= 0.6 is 0 Å². The maximum Gasteiger partial charge on any atom is 0.0702 e. The SMILES string of the molecule is Cc1cc(C)c(/C=C/c2ccc(-c3ccccc3)nc2)c(C)c1. The Morgan fingerprint density at radius 2 is 1.48 bits per heavy atom. The summed E-state index contributed by atoms with van der Waals surface area (Å²) >= 11 is 0. The van der Waals surface area contributed by atoms with Crippen molar-refractivity contribution in [3.8, 4) is 11.3 Å². The minimum Gasteiger partial charge on any atom is -0.256 e. The van der Waals surface area contributed by atoms with E-state index in [0.29, 0.717) is 0 Å². The number of aromatic nitrogens is 1. The molecule has 0 amide bonds. The van der Waals surface area contributed by atoms with Crippen molar-refractivity contribution in [1.29, 1.82) is 0 Å². The van der Waals surface area contributed by atoms with Crippen LogP contribution in [0.3, 0.4) is 0 Å². The zero-order chi connectivity index (χ0) is 16.2. The highest BCUT2D eigenvalue weighted by atomic mass is 14.7. The molecule has 1 aromatic heterocycles. The summed E-state index contributed by atoms with van der Waals surface area (Å²) in [6.45, 7) is 6.46. The third-order valence-corrected chi connectivity index (χ3v) is 4.04. The Morgan fingerprint density at radius 3 is 2.09 bits per heavy atom. The average Bonchev–Trinajstić information content (AvgIpc) is 2.55. The van der Waals surface area contributed by atoms with E-state index in [-0.39, 0.29) is 0 Å². The van der Waals surface area contributed by atoms with Crippen molar-refractivity contribution in [3.63, 3.8) is 0 Å². The number of rotatable bonds is 3. The normalized spacial score (nSPS) is 11.1. The lowest BCUT2D eigenvalue weighted by atomic mass is 9.99. The molecule has 1 heteroatoms. The molecule has 1 heterocycles. The largest absolute Gasteiger partial charge is 0.256 e. The summed E-state index contributed by atoms with van der Waals surface area (Å²) in [5.74, 6) is 0. The molecule has 114 valence electrons. The molecule has 3 rings (SSSR count). The van der Waals surface area contributed by atoms with Crippen LogP contribution in [0.25, 0.3) is 23.4 Å². The number of hydrogen-bond donors (Lipinski definition) is 0. The first kappa shape index (κ1) is 15.2. The molecular weight excluding hydrogens is 278 g/mol. The number of benzene rings is 2. The predicted octanol–water partition coefficient (Wildman–Crippen LogP) is 5.84. The van der Waals surface area contributed by atoms with Gasteiger partial charge in [0, 0.05) is 11.8 Å². The van der Waals surface area contributed by atoms with Crippen LogP contribution < -0.4 is 0 Å². The molecule has 0 aliphatic carbocycles. The highest BCUT2D eigenvalue weighted by molar-refractivity contribution is 5.73. The minimum absolute atomic E-state index is 1.01. The van der Waals surface area contributed by atoms with Gasteiger partial charge in [-0.2, -0.15) is 0 Å².